The van der Waals surface area contributed by atoms with E-state index >= 15 is 0 Å². The van der Waals surface area contributed by atoms with Gasteiger partial charge in [0.15, 0.2) is 0 Å². The second-order valence-electron chi connectivity index (χ2n) is 10.2. The molecule has 4 aromatic rings. The topological polar surface area (TPSA) is 0 Å². The minimum atomic E-state index is 1.20. The van der Waals surface area contributed by atoms with Crippen LogP contribution in [0.2, 0.25) is 0 Å². The summed E-state index contributed by atoms with van der Waals surface area (Å²) >= 11 is 3.70. The maximum absolute atomic E-state index is 2.30. The summed E-state index contributed by atoms with van der Waals surface area (Å²) < 4.78 is 0. The number of hydrogen-bond acceptors (Lipinski definition) is 2. The molecule has 198 valence electrons. The second-order valence-corrected chi connectivity index (χ2v) is 12.0. The first-order valence-corrected chi connectivity index (χ1v) is 16.2. The van der Waals surface area contributed by atoms with Gasteiger partial charge >= 0.3 is 0 Å². The van der Waals surface area contributed by atoms with Crippen LogP contribution in [-0.2, 0) is 12.8 Å². The number of aryl methyl sites for hydroxylation is 2. The van der Waals surface area contributed by atoms with E-state index in [2.05, 4.69) is 110 Å². The predicted molar refractivity (Wildman–Crippen MR) is 174 cm³/mol. The molecular weight excluding hydrogens is 497 g/mol. The number of rotatable bonds is 15. The second kappa shape index (κ2) is 15.7. The smallest absolute Gasteiger partial charge is 0.0302 e. The van der Waals surface area contributed by atoms with Crippen molar-refractivity contribution in [2.24, 2.45) is 0 Å². The van der Waals surface area contributed by atoms with Crippen molar-refractivity contribution in [2.75, 3.05) is 0 Å². The van der Waals surface area contributed by atoms with Gasteiger partial charge in [0.05, 0.1) is 0 Å². The van der Waals surface area contributed by atoms with Gasteiger partial charge in [-0.1, -0.05) is 113 Å². The van der Waals surface area contributed by atoms with Gasteiger partial charge in [-0.2, -0.15) is 0 Å². The fourth-order valence-corrected chi connectivity index (χ4v) is 6.50. The molecule has 2 heterocycles. The third-order valence-electron chi connectivity index (χ3n) is 7.17. The lowest BCUT2D eigenvalue weighted by atomic mass is 10.0. The Kier molecular flexibility index (Phi) is 11.7. The first kappa shape index (κ1) is 28.3. The molecule has 0 N–H and O–H groups in total. The molecule has 0 unspecified atom stereocenters. The van der Waals surface area contributed by atoms with E-state index in [1.165, 1.54) is 107 Å². The predicted octanol–water partition coefficient (Wildman–Crippen LogP) is 12.1. The van der Waals surface area contributed by atoms with Crippen molar-refractivity contribution in [1.29, 1.82) is 0 Å². The van der Waals surface area contributed by atoms with Gasteiger partial charge in [0.2, 0.25) is 0 Å². The molecule has 0 radical (unpaired) electrons. The largest absolute Gasteiger partial charge is 0.144 e. The fraction of sp³-hybridized carbons (Fsp3) is 0.333. The average molecular weight is 539 g/mol. The van der Waals surface area contributed by atoms with Crippen LogP contribution in [0.3, 0.4) is 0 Å². The van der Waals surface area contributed by atoms with Crippen molar-refractivity contribution >= 4 is 47.0 Å². The van der Waals surface area contributed by atoms with Crippen LogP contribution in [0.4, 0.5) is 0 Å². The van der Waals surface area contributed by atoms with E-state index in [0.717, 1.165) is 0 Å². The molecule has 0 aliphatic carbocycles. The van der Waals surface area contributed by atoms with Gasteiger partial charge < -0.3 is 0 Å². The monoisotopic (exact) mass is 538 g/mol. The Hall–Kier alpha value is -2.68. The highest BCUT2D eigenvalue weighted by atomic mass is 32.1. The van der Waals surface area contributed by atoms with Crippen LogP contribution in [0, 0.1) is 0 Å². The Balaban J connectivity index is 1.32. The van der Waals surface area contributed by atoms with Gasteiger partial charge in [0, 0.05) is 9.75 Å². The summed E-state index contributed by atoms with van der Waals surface area (Å²) in [7, 11) is 0. The third kappa shape index (κ3) is 8.68. The summed E-state index contributed by atoms with van der Waals surface area (Å²) in [4.78, 5) is 2.81. The molecule has 0 atom stereocenters. The molecule has 0 aliphatic rings. The summed E-state index contributed by atoms with van der Waals surface area (Å²) in [5.74, 6) is 0. The lowest BCUT2D eigenvalue weighted by molar-refractivity contribution is 0.667. The van der Waals surface area contributed by atoms with Gasteiger partial charge in [-0.05, 0) is 94.1 Å². The molecule has 2 aromatic carbocycles. The fourth-order valence-electron chi connectivity index (χ4n) is 4.80. The van der Waals surface area contributed by atoms with E-state index in [1.807, 2.05) is 22.7 Å². The van der Waals surface area contributed by atoms with Gasteiger partial charge in [0.1, 0.15) is 0 Å². The highest BCUT2D eigenvalue weighted by molar-refractivity contribution is 7.11. The van der Waals surface area contributed by atoms with Gasteiger partial charge in [-0.15, -0.1) is 22.7 Å². The van der Waals surface area contributed by atoms with E-state index in [-0.39, 0.29) is 0 Å². The van der Waals surface area contributed by atoms with E-state index in [4.69, 9.17) is 0 Å². The SMILES string of the molecule is CCCCCCc1ccsc1/C=C/c1ccc(-c2ccc(/C=C/c3sccc3CCCCCC)cc2)cc1. The van der Waals surface area contributed by atoms with Gasteiger partial charge in [0.25, 0.3) is 0 Å². The number of hydrogen-bond donors (Lipinski definition) is 0. The number of unbranched alkanes of at least 4 members (excludes halogenated alkanes) is 6. The highest BCUT2D eigenvalue weighted by Gasteiger charge is 2.03. The van der Waals surface area contributed by atoms with E-state index in [9.17, 15) is 0 Å². The van der Waals surface area contributed by atoms with Crippen molar-refractivity contribution in [2.45, 2.75) is 78.1 Å². The van der Waals surface area contributed by atoms with Crippen LogP contribution < -0.4 is 0 Å². The Labute approximate surface area is 238 Å². The molecule has 0 spiro atoms. The summed E-state index contributed by atoms with van der Waals surface area (Å²) in [6.45, 7) is 4.55. The zero-order valence-corrected chi connectivity index (χ0v) is 24.8. The molecule has 0 saturated carbocycles. The lowest BCUT2D eigenvalue weighted by Crippen LogP contribution is -1.85. The van der Waals surface area contributed by atoms with Crippen molar-refractivity contribution < 1.29 is 0 Å². The van der Waals surface area contributed by atoms with Crippen LogP contribution in [0.5, 0.6) is 0 Å². The van der Waals surface area contributed by atoms with E-state index in [0.29, 0.717) is 0 Å². The van der Waals surface area contributed by atoms with Gasteiger partial charge in [-0.25, -0.2) is 0 Å². The lowest BCUT2D eigenvalue weighted by Gasteiger charge is -2.04. The Morgan fingerprint density at radius 1 is 0.474 bits per heavy atom. The molecule has 2 heteroatoms. The maximum Gasteiger partial charge on any atom is 0.0302 e. The van der Waals surface area contributed by atoms with Crippen LogP contribution in [0.1, 0.15) is 97.2 Å². The molecule has 4 rings (SSSR count). The first-order valence-electron chi connectivity index (χ1n) is 14.5. The van der Waals surface area contributed by atoms with Crippen molar-refractivity contribution in [3.05, 3.63) is 103 Å². The molecule has 0 aliphatic heterocycles. The molecule has 0 saturated heterocycles. The maximum atomic E-state index is 2.30. The molecule has 0 fully saturated rings. The minimum absolute atomic E-state index is 1.20. The quantitative estimate of drug-likeness (QED) is 0.132. The van der Waals surface area contributed by atoms with Crippen molar-refractivity contribution in [1.82, 2.24) is 0 Å². The van der Waals surface area contributed by atoms with Crippen LogP contribution in [0.15, 0.2) is 71.4 Å². The van der Waals surface area contributed by atoms with Crippen molar-refractivity contribution in [3.8, 4) is 11.1 Å². The Bertz CT molecular complexity index is 1160. The summed E-state index contributed by atoms with van der Waals surface area (Å²) in [5, 5.41) is 4.45. The normalized spacial score (nSPS) is 11.7. The Morgan fingerprint density at radius 3 is 1.29 bits per heavy atom. The number of benzene rings is 2. The third-order valence-corrected chi connectivity index (χ3v) is 9.02. The first-order chi connectivity index (χ1) is 18.8. The van der Waals surface area contributed by atoms with Crippen LogP contribution >= 0.6 is 22.7 Å². The molecular formula is C36H42S2. The van der Waals surface area contributed by atoms with Crippen molar-refractivity contribution in [3.63, 3.8) is 0 Å². The van der Waals surface area contributed by atoms with Crippen LogP contribution in [-0.4, -0.2) is 0 Å². The minimum Gasteiger partial charge on any atom is -0.144 e. The molecule has 2 aromatic heterocycles. The molecule has 0 nitrogen and oxygen atoms in total. The summed E-state index contributed by atoms with van der Waals surface area (Å²) in [6.07, 6.45) is 22.0. The van der Waals surface area contributed by atoms with Crippen LogP contribution in [0.25, 0.3) is 35.4 Å². The molecule has 38 heavy (non-hydrogen) atoms. The standard InChI is InChI=1S/C36H42S2/c1-3-5-7-9-11-33-25-27-37-35(33)23-17-29-13-19-31(20-14-29)32-21-15-30(16-22-32)18-24-36-34(26-28-38-36)12-10-8-6-4-2/h13-28H,3-12H2,1-2H3/b23-17+,24-18+. The highest BCUT2D eigenvalue weighted by Crippen LogP contribution is 2.26. The molecule has 0 bridgehead atoms. The summed E-state index contributed by atoms with van der Waals surface area (Å²) in [5.41, 5.74) is 8.02. The zero-order valence-electron chi connectivity index (χ0n) is 23.1. The number of thiophene rings is 2. The van der Waals surface area contributed by atoms with Gasteiger partial charge in [-0.3, -0.25) is 0 Å². The summed E-state index contributed by atoms with van der Waals surface area (Å²) in [6, 6.07) is 22.5. The van der Waals surface area contributed by atoms with E-state index < -0.39 is 0 Å². The average Bonchev–Trinajstić information content (AvgIpc) is 3.61. The Morgan fingerprint density at radius 2 is 0.895 bits per heavy atom. The van der Waals surface area contributed by atoms with E-state index in [1.54, 1.807) is 0 Å². The zero-order chi connectivity index (χ0) is 26.4. The molecule has 0 amide bonds.